The van der Waals surface area contributed by atoms with E-state index >= 15 is 0 Å². The molecule has 0 aromatic rings. The van der Waals surface area contributed by atoms with Crippen LogP contribution >= 0.6 is 0 Å². The molecule has 17 heavy (non-hydrogen) atoms. The highest BCUT2D eigenvalue weighted by Crippen LogP contribution is 2.53. The molecule has 0 bridgehead atoms. The highest BCUT2D eigenvalue weighted by atomic mass is 14.5. The first-order valence-corrected chi connectivity index (χ1v) is 8.05. The molecule has 0 N–H and O–H groups in total. The molecule has 2 unspecified atom stereocenters. The van der Waals surface area contributed by atoms with E-state index < -0.39 is 0 Å². The normalized spacial score (nSPS) is 36.4. The van der Waals surface area contributed by atoms with Crippen LogP contribution in [0.15, 0.2) is 11.6 Å². The minimum Gasteiger partial charge on any atom is -0.0850 e. The quantitative estimate of drug-likeness (QED) is 0.576. The van der Waals surface area contributed by atoms with Crippen molar-refractivity contribution in [2.75, 3.05) is 0 Å². The summed E-state index contributed by atoms with van der Waals surface area (Å²) in [5.41, 5.74) is 1.89. The van der Waals surface area contributed by atoms with Crippen molar-refractivity contribution in [3.8, 4) is 0 Å². The molecule has 3 aliphatic carbocycles. The Balaban J connectivity index is 1.73. The van der Waals surface area contributed by atoms with E-state index in [1.807, 2.05) is 5.57 Å². The maximum absolute atomic E-state index is 2.63. The fourth-order valence-electron chi connectivity index (χ4n) is 4.44. The fourth-order valence-corrected chi connectivity index (χ4v) is 4.44. The second kappa shape index (κ2) is 5.16. The Kier molecular flexibility index (Phi) is 3.59. The lowest BCUT2D eigenvalue weighted by molar-refractivity contribution is 0.242. The van der Waals surface area contributed by atoms with E-state index in [-0.39, 0.29) is 0 Å². The Labute approximate surface area is 107 Å². The zero-order chi connectivity index (χ0) is 11.7. The molecule has 0 aromatic heterocycles. The van der Waals surface area contributed by atoms with Gasteiger partial charge in [-0.25, -0.2) is 0 Å². The van der Waals surface area contributed by atoms with E-state index in [1.165, 1.54) is 64.2 Å². The average Bonchev–Trinajstić information content (AvgIpc) is 3.09. The highest BCUT2D eigenvalue weighted by Gasteiger charge is 2.44. The lowest BCUT2D eigenvalue weighted by Crippen LogP contribution is -2.23. The van der Waals surface area contributed by atoms with Gasteiger partial charge >= 0.3 is 0 Å². The molecule has 2 fully saturated rings. The van der Waals surface area contributed by atoms with Crippen molar-refractivity contribution in [1.29, 1.82) is 0 Å². The van der Waals surface area contributed by atoms with E-state index in [0.29, 0.717) is 0 Å². The molecule has 0 heteroatoms. The number of hydrogen-bond donors (Lipinski definition) is 0. The van der Waals surface area contributed by atoms with Gasteiger partial charge in [0.1, 0.15) is 0 Å². The van der Waals surface area contributed by atoms with Crippen LogP contribution in [0.5, 0.6) is 0 Å². The van der Waals surface area contributed by atoms with Gasteiger partial charge in [0, 0.05) is 0 Å². The first kappa shape index (κ1) is 11.8. The summed E-state index contributed by atoms with van der Waals surface area (Å²) in [7, 11) is 0. The molecule has 3 atom stereocenters. The minimum atomic E-state index is 1.01. The van der Waals surface area contributed by atoms with Gasteiger partial charge in [-0.15, -0.1) is 0 Å². The van der Waals surface area contributed by atoms with Crippen LogP contribution in [0, 0.1) is 23.7 Å². The van der Waals surface area contributed by atoms with E-state index in [9.17, 15) is 0 Å². The Morgan fingerprint density at radius 1 is 1.06 bits per heavy atom. The SMILES string of the molecule is C[C@H]1CC1C(C1=CCCCC1)C1CCCCC1. The molecule has 96 valence electrons. The van der Waals surface area contributed by atoms with Crippen molar-refractivity contribution < 1.29 is 0 Å². The maximum Gasteiger partial charge on any atom is -0.0144 e. The molecule has 3 rings (SSSR count). The lowest BCUT2D eigenvalue weighted by Gasteiger charge is -2.34. The van der Waals surface area contributed by atoms with Gasteiger partial charge in [0.25, 0.3) is 0 Å². The van der Waals surface area contributed by atoms with Gasteiger partial charge in [0.15, 0.2) is 0 Å². The zero-order valence-corrected chi connectivity index (χ0v) is 11.5. The van der Waals surface area contributed by atoms with Gasteiger partial charge in [0.2, 0.25) is 0 Å². The second-order valence-corrected chi connectivity index (χ2v) is 6.83. The van der Waals surface area contributed by atoms with Gasteiger partial charge in [0.05, 0.1) is 0 Å². The average molecular weight is 232 g/mol. The molecule has 0 nitrogen and oxygen atoms in total. The van der Waals surface area contributed by atoms with Crippen LogP contribution in [0.2, 0.25) is 0 Å². The van der Waals surface area contributed by atoms with Crippen molar-refractivity contribution in [3.63, 3.8) is 0 Å². The Hall–Kier alpha value is -0.260. The summed E-state index contributed by atoms with van der Waals surface area (Å²) in [5, 5.41) is 0. The molecule has 0 spiro atoms. The predicted molar refractivity (Wildman–Crippen MR) is 73.9 cm³/mol. The van der Waals surface area contributed by atoms with Crippen molar-refractivity contribution in [2.45, 2.75) is 71.1 Å². The summed E-state index contributed by atoms with van der Waals surface area (Å²) in [6.45, 7) is 2.48. The molecule has 0 amide bonds. The maximum atomic E-state index is 2.63. The van der Waals surface area contributed by atoms with E-state index in [1.54, 1.807) is 0 Å². The summed E-state index contributed by atoms with van der Waals surface area (Å²) in [6.07, 6.45) is 17.5. The number of hydrogen-bond acceptors (Lipinski definition) is 0. The smallest absolute Gasteiger partial charge is 0.0144 e. The monoisotopic (exact) mass is 232 g/mol. The minimum absolute atomic E-state index is 1.01. The Morgan fingerprint density at radius 2 is 1.82 bits per heavy atom. The van der Waals surface area contributed by atoms with Gasteiger partial charge in [-0.05, 0) is 68.6 Å². The van der Waals surface area contributed by atoms with E-state index in [0.717, 1.165) is 23.7 Å². The van der Waals surface area contributed by atoms with Crippen molar-refractivity contribution >= 4 is 0 Å². The zero-order valence-electron chi connectivity index (χ0n) is 11.5. The van der Waals surface area contributed by atoms with Crippen LogP contribution in [0.4, 0.5) is 0 Å². The lowest BCUT2D eigenvalue weighted by atomic mass is 9.71. The van der Waals surface area contributed by atoms with Crippen molar-refractivity contribution in [1.82, 2.24) is 0 Å². The molecule has 0 saturated heterocycles. The molecule has 0 aromatic carbocycles. The molecule has 0 radical (unpaired) electrons. The fraction of sp³-hybridized carbons (Fsp3) is 0.882. The van der Waals surface area contributed by atoms with Gasteiger partial charge < -0.3 is 0 Å². The van der Waals surface area contributed by atoms with E-state index in [4.69, 9.17) is 0 Å². The van der Waals surface area contributed by atoms with Crippen LogP contribution in [0.25, 0.3) is 0 Å². The van der Waals surface area contributed by atoms with Gasteiger partial charge in [-0.1, -0.05) is 37.8 Å². The van der Waals surface area contributed by atoms with Crippen molar-refractivity contribution in [2.24, 2.45) is 23.7 Å². The first-order valence-electron chi connectivity index (χ1n) is 8.05. The molecule has 0 heterocycles. The number of rotatable bonds is 3. The van der Waals surface area contributed by atoms with Gasteiger partial charge in [-0.3, -0.25) is 0 Å². The summed E-state index contributed by atoms with van der Waals surface area (Å²) in [6, 6.07) is 0. The van der Waals surface area contributed by atoms with Crippen LogP contribution in [0.1, 0.15) is 71.1 Å². The van der Waals surface area contributed by atoms with Crippen LogP contribution < -0.4 is 0 Å². The topological polar surface area (TPSA) is 0 Å². The van der Waals surface area contributed by atoms with Crippen molar-refractivity contribution in [3.05, 3.63) is 11.6 Å². The highest BCUT2D eigenvalue weighted by molar-refractivity contribution is 5.15. The molecular weight excluding hydrogens is 204 g/mol. The van der Waals surface area contributed by atoms with Gasteiger partial charge in [-0.2, -0.15) is 0 Å². The molecule has 3 aliphatic rings. The number of allylic oxidation sites excluding steroid dienone is 2. The Bertz CT molecular complexity index is 282. The largest absolute Gasteiger partial charge is 0.0850 e. The third-order valence-corrected chi connectivity index (χ3v) is 5.54. The van der Waals surface area contributed by atoms with Crippen LogP contribution in [-0.2, 0) is 0 Å². The van der Waals surface area contributed by atoms with Crippen LogP contribution in [0.3, 0.4) is 0 Å². The van der Waals surface area contributed by atoms with E-state index in [2.05, 4.69) is 13.0 Å². The third kappa shape index (κ3) is 2.61. The third-order valence-electron chi connectivity index (χ3n) is 5.54. The van der Waals surface area contributed by atoms with Crippen LogP contribution in [-0.4, -0.2) is 0 Å². The summed E-state index contributed by atoms with van der Waals surface area (Å²) >= 11 is 0. The first-order chi connectivity index (χ1) is 8.36. The summed E-state index contributed by atoms with van der Waals surface area (Å²) < 4.78 is 0. The summed E-state index contributed by atoms with van der Waals surface area (Å²) in [5.74, 6) is 4.17. The molecular formula is C17H28. The summed E-state index contributed by atoms with van der Waals surface area (Å²) in [4.78, 5) is 0. The standard InChI is InChI=1S/C17H28/c1-13-12-16(13)17(14-8-4-2-5-9-14)15-10-6-3-7-11-15/h8,13,15-17H,2-7,9-12H2,1H3/t13-,16?,17?/m0/s1. The second-order valence-electron chi connectivity index (χ2n) is 6.83. The molecule has 2 saturated carbocycles. The predicted octanol–water partition coefficient (Wildman–Crippen LogP) is 5.34. The molecule has 0 aliphatic heterocycles. The Morgan fingerprint density at radius 3 is 2.41 bits per heavy atom.